The van der Waals surface area contributed by atoms with Crippen molar-refractivity contribution >= 4 is 5.91 Å². The predicted octanol–water partition coefficient (Wildman–Crippen LogP) is 0.142. The van der Waals surface area contributed by atoms with Crippen LogP contribution in [0, 0.1) is 0 Å². The van der Waals surface area contributed by atoms with Gasteiger partial charge >= 0.3 is 0 Å². The lowest BCUT2D eigenvalue weighted by atomic mass is 10.1. The van der Waals surface area contributed by atoms with E-state index in [0.717, 1.165) is 18.8 Å². The second kappa shape index (κ2) is 5.33. The molecule has 0 aliphatic carbocycles. The van der Waals surface area contributed by atoms with Gasteiger partial charge < -0.3 is 14.6 Å². The summed E-state index contributed by atoms with van der Waals surface area (Å²) in [6, 6.07) is 3.68. The topological polar surface area (TPSA) is 48.7 Å². The Morgan fingerprint density at radius 2 is 2.35 bits per heavy atom. The Hall–Kier alpha value is -1.33. The van der Waals surface area contributed by atoms with E-state index in [-0.39, 0.29) is 11.9 Å². The van der Waals surface area contributed by atoms with E-state index in [1.165, 1.54) is 0 Å². The zero-order valence-corrected chi connectivity index (χ0v) is 10.3. The highest BCUT2D eigenvalue weighted by atomic mass is 16.3. The average Bonchev–Trinajstić information content (AvgIpc) is 2.81. The summed E-state index contributed by atoms with van der Waals surface area (Å²) in [5.74, 6) is 1.01. The molecule has 0 aromatic carbocycles. The molecule has 1 fully saturated rings. The van der Waals surface area contributed by atoms with Crippen molar-refractivity contribution in [3.8, 4) is 0 Å². The molecule has 2 heterocycles. The van der Waals surface area contributed by atoms with E-state index >= 15 is 0 Å². The predicted molar refractivity (Wildman–Crippen MR) is 64.5 cm³/mol. The lowest BCUT2D eigenvalue weighted by Crippen LogP contribution is -2.58. The summed E-state index contributed by atoms with van der Waals surface area (Å²) >= 11 is 0. The highest BCUT2D eigenvalue weighted by Gasteiger charge is 2.32. The maximum absolute atomic E-state index is 12.3. The number of hydrogen-bond donors (Lipinski definition) is 1. The van der Waals surface area contributed by atoms with E-state index in [2.05, 4.69) is 10.2 Å². The van der Waals surface area contributed by atoms with Gasteiger partial charge in [-0.2, -0.15) is 0 Å². The van der Waals surface area contributed by atoms with Gasteiger partial charge in [0.2, 0.25) is 5.91 Å². The maximum atomic E-state index is 12.3. The first-order valence-corrected chi connectivity index (χ1v) is 5.88. The SMILES string of the molecule is CNCC1C(=O)N(Cc2ccco2)CCN1C. The monoisotopic (exact) mass is 237 g/mol. The first kappa shape index (κ1) is 12.1. The van der Waals surface area contributed by atoms with Gasteiger partial charge in [-0.15, -0.1) is 0 Å². The highest BCUT2D eigenvalue weighted by Crippen LogP contribution is 2.13. The molecule has 0 bridgehead atoms. The second-order valence-corrected chi connectivity index (χ2v) is 4.39. The van der Waals surface area contributed by atoms with Crippen LogP contribution in [0.4, 0.5) is 0 Å². The van der Waals surface area contributed by atoms with Gasteiger partial charge in [0.15, 0.2) is 0 Å². The van der Waals surface area contributed by atoms with Crippen LogP contribution in [0.15, 0.2) is 22.8 Å². The highest BCUT2D eigenvalue weighted by molar-refractivity contribution is 5.82. The molecule has 1 aromatic heterocycles. The van der Waals surface area contributed by atoms with Crippen LogP contribution in [-0.4, -0.2) is 55.5 Å². The van der Waals surface area contributed by atoms with Crippen LogP contribution in [-0.2, 0) is 11.3 Å². The molecule has 0 radical (unpaired) electrons. The van der Waals surface area contributed by atoms with Gasteiger partial charge in [-0.3, -0.25) is 9.69 Å². The van der Waals surface area contributed by atoms with Gasteiger partial charge in [0.1, 0.15) is 11.8 Å². The van der Waals surface area contributed by atoms with E-state index < -0.39 is 0 Å². The van der Waals surface area contributed by atoms with Crippen molar-refractivity contribution in [1.82, 2.24) is 15.1 Å². The van der Waals surface area contributed by atoms with E-state index in [9.17, 15) is 4.79 Å². The number of likely N-dealkylation sites (N-methyl/N-ethyl adjacent to an activating group) is 2. The largest absolute Gasteiger partial charge is 0.467 e. The molecule has 1 aromatic rings. The molecule has 5 nitrogen and oxygen atoms in total. The van der Waals surface area contributed by atoms with Gasteiger partial charge in [-0.1, -0.05) is 0 Å². The molecule has 0 spiro atoms. The van der Waals surface area contributed by atoms with E-state index in [0.29, 0.717) is 13.1 Å². The molecule has 2 rings (SSSR count). The summed E-state index contributed by atoms with van der Waals surface area (Å²) in [6.45, 7) is 2.92. The van der Waals surface area contributed by atoms with E-state index in [1.807, 2.05) is 31.1 Å². The summed E-state index contributed by atoms with van der Waals surface area (Å²) in [4.78, 5) is 16.2. The number of piperazine rings is 1. The minimum absolute atomic E-state index is 0.0660. The lowest BCUT2D eigenvalue weighted by molar-refractivity contribution is -0.141. The number of nitrogens with one attached hydrogen (secondary N) is 1. The first-order valence-electron chi connectivity index (χ1n) is 5.88. The normalized spacial score (nSPS) is 22.1. The smallest absolute Gasteiger partial charge is 0.241 e. The Labute approximate surface area is 101 Å². The fourth-order valence-electron chi connectivity index (χ4n) is 2.13. The van der Waals surface area contributed by atoms with Gasteiger partial charge in [-0.25, -0.2) is 0 Å². The summed E-state index contributed by atoms with van der Waals surface area (Å²) in [6.07, 6.45) is 1.64. The minimum Gasteiger partial charge on any atom is -0.467 e. The summed E-state index contributed by atoms with van der Waals surface area (Å²) in [7, 11) is 3.86. The van der Waals surface area contributed by atoms with Crippen LogP contribution in [0.5, 0.6) is 0 Å². The molecule has 1 saturated heterocycles. The van der Waals surface area contributed by atoms with Crippen molar-refractivity contribution in [3.63, 3.8) is 0 Å². The number of rotatable bonds is 4. The number of hydrogen-bond acceptors (Lipinski definition) is 4. The molecule has 1 aliphatic heterocycles. The molecule has 1 unspecified atom stereocenters. The maximum Gasteiger partial charge on any atom is 0.241 e. The third-order valence-corrected chi connectivity index (χ3v) is 3.18. The number of carbonyl (C=O) groups is 1. The molecule has 1 atom stereocenters. The van der Waals surface area contributed by atoms with Gasteiger partial charge in [0.25, 0.3) is 0 Å². The molecule has 1 amide bonds. The van der Waals surface area contributed by atoms with Crippen molar-refractivity contribution in [2.24, 2.45) is 0 Å². The van der Waals surface area contributed by atoms with Gasteiger partial charge in [-0.05, 0) is 26.2 Å². The molecule has 1 aliphatic rings. The number of nitrogens with zero attached hydrogens (tertiary/aromatic N) is 2. The Morgan fingerprint density at radius 1 is 1.53 bits per heavy atom. The standard InChI is InChI=1S/C12H19N3O2/c1-13-8-11-12(16)15(6-5-14(11)2)9-10-4-3-7-17-10/h3-4,7,11,13H,5-6,8-9H2,1-2H3. The zero-order valence-electron chi connectivity index (χ0n) is 10.3. The molecule has 17 heavy (non-hydrogen) atoms. The van der Waals surface area contributed by atoms with Crippen LogP contribution < -0.4 is 5.32 Å². The zero-order chi connectivity index (χ0) is 12.3. The molecular weight excluding hydrogens is 218 g/mol. The van der Waals surface area contributed by atoms with E-state index in [1.54, 1.807) is 6.26 Å². The van der Waals surface area contributed by atoms with Gasteiger partial charge in [0, 0.05) is 19.6 Å². The summed E-state index contributed by atoms with van der Waals surface area (Å²) in [5.41, 5.74) is 0. The quantitative estimate of drug-likeness (QED) is 0.809. The number of amides is 1. The third-order valence-electron chi connectivity index (χ3n) is 3.18. The van der Waals surface area contributed by atoms with E-state index in [4.69, 9.17) is 4.42 Å². The van der Waals surface area contributed by atoms with Crippen molar-refractivity contribution in [1.29, 1.82) is 0 Å². The Bertz CT molecular complexity index is 364. The Balaban J connectivity index is 2.01. The minimum atomic E-state index is -0.0660. The number of furan rings is 1. The summed E-state index contributed by atoms with van der Waals surface area (Å²) in [5, 5.41) is 3.07. The van der Waals surface area contributed by atoms with Crippen molar-refractivity contribution in [2.45, 2.75) is 12.6 Å². The van der Waals surface area contributed by atoms with Crippen LogP contribution in [0.3, 0.4) is 0 Å². The summed E-state index contributed by atoms with van der Waals surface area (Å²) < 4.78 is 5.28. The van der Waals surface area contributed by atoms with Crippen LogP contribution in [0.2, 0.25) is 0 Å². The Kier molecular flexibility index (Phi) is 3.81. The fraction of sp³-hybridized carbons (Fsp3) is 0.583. The molecular formula is C12H19N3O2. The molecule has 5 heteroatoms. The number of carbonyl (C=O) groups excluding carboxylic acids is 1. The molecule has 94 valence electrons. The average molecular weight is 237 g/mol. The van der Waals surface area contributed by atoms with Crippen molar-refractivity contribution in [2.75, 3.05) is 33.7 Å². The molecule has 1 N–H and O–H groups in total. The van der Waals surface area contributed by atoms with Crippen molar-refractivity contribution in [3.05, 3.63) is 24.2 Å². The Morgan fingerprint density at radius 3 is 3.00 bits per heavy atom. The third kappa shape index (κ3) is 2.68. The molecule has 0 saturated carbocycles. The lowest BCUT2D eigenvalue weighted by Gasteiger charge is -2.38. The van der Waals surface area contributed by atoms with Crippen LogP contribution in [0.1, 0.15) is 5.76 Å². The van der Waals surface area contributed by atoms with Crippen LogP contribution >= 0.6 is 0 Å². The van der Waals surface area contributed by atoms with Gasteiger partial charge in [0.05, 0.1) is 12.8 Å². The first-order chi connectivity index (χ1) is 8.22. The van der Waals surface area contributed by atoms with Crippen molar-refractivity contribution < 1.29 is 9.21 Å². The second-order valence-electron chi connectivity index (χ2n) is 4.39. The fourth-order valence-corrected chi connectivity index (χ4v) is 2.13. The van der Waals surface area contributed by atoms with Crippen LogP contribution in [0.25, 0.3) is 0 Å².